The zero-order valence-corrected chi connectivity index (χ0v) is 35.4. The van der Waals surface area contributed by atoms with E-state index in [9.17, 15) is 0 Å². The van der Waals surface area contributed by atoms with E-state index in [2.05, 4.69) is 176 Å². The summed E-state index contributed by atoms with van der Waals surface area (Å²) in [4.78, 5) is 30.2. The summed E-state index contributed by atoms with van der Waals surface area (Å²) in [5.74, 6) is 1.83. The van der Waals surface area contributed by atoms with E-state index in [1.807, 2.05) is 48.7 Å². The van der Waals surface area contributed by atoms with Crippen LogP contribution < -0.4 is 0 Å². The Balaban J connectivity index is 0.896. The molecule has 0 aliphatic rings. The molecule has 0 aliphatic heterocycles. The van der Waals surface area contributed by atoms with Crippen LogP contribution in [0.15, 0.2) is 212 Å². The lowest BCUT2D eigenvalue weighted by Gasteiger charge is -2.13. The Morgan fingerprint density at radius 1 is 0.308 bits per heavy atom. The fourth-order valence-corrected chi connectivity index (χ4v) is 9.04. The van der Waals surface area contributed by atoms with Crippen LogP contribution >= 0.6 is 0 Å². The Hall–Kier alpha value is -8.74. The summed E-state index contributed by atoms with van der Waals surface area (Å²) in [7, 11) is 0. The molecule has 0 amide bonds. The Morgan fingerprint density at radius 2 is 0.923 bits per heavy atom. The van der Waals surface area contributed by atoms with Gasteiger partial charge in [-0.1, -0.05) is 170 Å². The number of aromatic nitrogens is 6. The minimum Gasteiger partial charge on any atom is -0.256 e. The van der Waals surface area contributed by atoms with Crippen LogP contribution in [0.2, 0.25) is 0 Å². The molecule has 0 saturated carbocycles. The van der Waals surface area contributed by atoms with Gasteiger partial charge in [0.2, 0.25) is 0 Å². The first-order valence-corrected chi connectivity index (χ1v) is 21.8. The monoisotopic (exact) mass is 830 g/mol. The van der Waals surface area contributed by atoms with Crippen LogP contribution in [0.5, 0.6) is 0 Å². The average molecular weight is 831 g/mol. The number of aryl methyl sites for hydroxylation is 1. The van der Waals surface area contributed by atoms with Gasteiger partial charge in [-0.05, 0) is 87.5 Å². The van der Waals surface area contributed by atoms with Gasteiger partial charge in [-0.15, -0.1) is 0 Å². The second-order valence-electron chi connectivity index (χ2n) is 16.4. The summed E-state index contributed by atoms with van der Waals surface area (Å²) in [5, 5.41) is 5.69. The summed E-state index contributed by atoms with van der Waals surface area (Å²) in [6.07, 6.45) is 1.86. The van der Waals surface area contributed by atoms with Crippen molar-refractivity contribution in [2.24, 2.45) is 0 Å². The molecular weight excluding hydrogens is 793 g/mol. The molecule has 6 nitrogen and oxygen atoms in total. The minimum absolute atomic E-state index is 0.604. The van der Waals surface area contributed by atoms with Crippen molar-refractivity contribution in [1.82, 2.24) is 29.9 Å². The van der Waals surface area contributed by atoms with Gasteiger partial charge >= 0.3 is 0 Å². The Labute approximate surface area is 375 Å². The molecule has 0 radical (unpaired) electrons. The van der Waals surface area contributed by atoms with Crippen LogP contribution in [0.25, 0.3) is 122 Å². The van der Waals surface area contributed by atoms with Crippen molar-refractivity contribution in [2.75, 3.05) is 0 Å². The van der Waals surface area contributed by atoms with Crippen molar-refractivity contribution in [1.29, 1.82) is 0 Å². The van der Waals surface area contributed by atoms with Crippen LogP contribution in [0.4, 0.5) is 0 Å². The predicted molar refractivity (Wildman–Crippen MR) is 266 cm³/mol. The molecule has 0 unspecified atom stereocenters. The molecule has 0 bridgehead atoms. The maximum atomic E-state index is 5.28. The second kappa shape index (κ2) is 15.9. The molecule has 304 valence electrons. The first kappa shape index (κ1) is 38.0. The molecule has 0 atom stereocenters. The molecular formula is C59H38N6. The zero-order valence-electron chi connectivity index (χ0n) is 35.4. The van der Waals surface area contributed by atoms with Gasteiger partial charge < -0.3 is 0 Å². The summed E-state index contributed by atoms with van der Waals surface area (Å²) >= 11 is 0. The highest BCUT2D eigenvalue weighted by Crippen LogP contribution is 2.38. The van der Waals surface area contributed by atoms with Gasteiger partial charge in [-0.3, -0.25) is 9.97 Å². The smallest absolute Gasteiger partial charge is 0.164 e. The number of hydrogen-bond acceptors (Lipinski definition) is 6. The van der Waals surface area contributed by atoms with E-state index in [-0.39, 0.29) is 0 Å². The molecule has 4 heterocycles. The van der Waals surface area contributed by atoms with E-state index in [0.29, 0.717) is 17.5 Å². The number of benzene rings is 8. The topological polar surface area (TPSA) is 77.3 Å². The fraction of sp³-hybridized carbons (Fsp3) is 0.0169. The van der Waals surface area contributed by atoms with E-state index in [4.69, 9.17) is 24.9 Å². The van der Waals surface area contributed by atoms with E-state index < -0.39 is 0 Å². The molecule has 8 aromatic carbocycles. The fourth-order valence-electron chi connectivity index (χ4n) is 9.04. The number of pyridine rings is 3. The third kappa shape index (κ3) is 7.04. The maximum Gasteiger partial charge on any atom is 0.164 e. The highest BCUT2D eigenvalue weighted by atomic mass is 15.0. The highest BCUT2D eigenvalue weighted by Gasteiger charge is 2.17. The molecule has 12 rings (SSSR count). The number of para-hydroxylation sites is 1. The van der Waals surface area contributed by atoms with Crippen molar-refractivity contribution in [2.45, 2.75) is 6.92 Å². The standard InChI is InChI=1S/C59H38N6/c1-37-34-52(49-22-11-15-39-12-5-6-20-47(39)49)51-30-28-41-29-31-53(62-55(41)56(51)61-37)40-26-24-38(25-27-40)43-16-9-18-45(35-43)58-63-57(42-13-3-2-4-14-42)64-59(65-58)46-19-10-17-44(36-46)48-32-33-60-54-23-8-7-21-50(48)54/h2-36H,1H3. The largest absolute Gasteiger partial charge is 0.256 e. The van der Waals surface area contributed by atoms with Crippen molar-refractivity contribution >= 4 is 43.5 Å². The Morgan fingerprint density at radius 3 is 1.74 bits per heavy atom. The molecule has 0 aliphatic carbocycles. The van der Waals surface area contributed by atoms with Crippen LogP contribution in [-0.2, 0) is 0 Å². The minimum atomic E-state index is 0.604. The molecule has 12 aromatic rings. The second-order valence-corrected chi connectivity index (χ2v) is 16.4. The third-order valence-electron chi connectivity index (χ3n) is 12.2. The highest BCUT2D eigenvalue weighted by molar-refractivity contribution is 6.12. The van der Waals surface area contributed by atoms with Gasteiger partial charge in [-0.25, -0.2) is 19.9 Å². The van der Waals surface area contributed by atoms with Gasteiger partial charge in [0.15, 0.2) is 17.5 Å². The quantitative estimate of drug-likeness (QED) is 0.149. The Bertz CT molecular complexity index is 3780. The van der Waals surface area contributed by atoms with Crippen molar-refractivity contribution in [3.05, 3.63) is 218 Å². The molecule has 0 fully saturated rings. The van der Waals surface area contributed by atoms with E-state index in [1.54, 1.807) is 0 Å². The lowest BCUT2D eigenvalue weighted by Crippen LogP contribution is -2.00. The van der Waals surface area contributed by atoms with E-state index in [1.165, 1.54) is 21.9 Å². The average Bonchev–Trinajstić information content (AvgIpc) is 3.38. The van der Waals surface area contributed by atoms with Gasteiger partial charge in [0.05, 0.1) is 22.2 Å². The summed E-state index contributed by atoms with van der Waals surface area (Å²) in [6.45, 7) is 2.07. The van der Waals surface area contributed by atoms with Crippen LogP contribution in [0, 0.1) is 6.92 Å². The zero-order chi connectivity index (χ0) is 43.3. The number of hydrogen-bond donors (Lipinski definition) is 0. The first-order valence-electron chi connectivity index (χ1n) is 21.8. The van der Waals surface area contributed by atoms with Crippen LogP contribution in [-0.4, -0.2) is 29.9 Å². The van der Waals surface area contributed by atoms with E-state index >= 15 is 0 Å². The molecule has 0 saturated heterocycles. The Kier molecular flexibility index (Phi) is 9.27. The van der Waals surface area contributed by atoms with Crippen molar-refractivity contribution in [3.63, 3.8) is 0 Å². The normalized spacial score (nSPS) is 11.5. The number of nitrogens with zero attached hydrogens (tertiary/aromatic N) is 6. The molecule has 0 N–H and O–H groups in total. The lowest BCUT2D eigenvalue weighted by molar-refractivity contribution is 1.07. The molecule has 4 aromatic heterocycles. The number of rotatable bonds is 7. The van der Waals surface area contributed by atoms with Crippen LogP contribution in [0.1, 0.15) is 5.69 Å². The summed E-state index contributed by atoms with van der Waals surface area (Å²) in [6, 6.07) is 71.7. The van der Waals surface area contributed by atoms with Gasteiger partial charge in [0.1, 0.15) is 0 Å². The molecule has 65 heavy (non-hydrogen) atoms. The number of fused-ring (bicyclic) bond motifs is 5. The first-order chi connectivity index (χ1) is 32.1. The summed E-state index contributed by atoms with van der Waals surface area (Å²) in [5.41, 5.74) is 15.0. The predicted octanol–water partition coefficient (Wildman–Crippen LogP) is 14.6. The van der Waals surface area contributed by atoms with Gasteiger partial charge in [0, 0.05) is 50.3 Å². The van der Waals surface area contributed by atoms with Crippen molar-refractivity contribution in [3.8, 4) is 78.8 Å². The van der Waals surface area contributed by atoms with E-state index in [0.717, 1.165) is 88.6 Å². The molecule has 0 spiro atoms. The maximum absolute atomic E-state index is 5.28. The summed E-state index contributed by atoms with van der Waals surface area (Å²) < 4.78 is 0. The molecule has 6 heteroatoms. The van der Waals surface area contributed by atoms with Crippen molar-refractivity contribution < 1.29 is 0 Å². The SMILES string of the molecule is Cc1cc(-c2cccc3ccccc23)c2ccc3ccc(-c4ccc(-c5cccc(-c6nc(-c7ccccc7)nc(-c7cccc(-c8ccnc9ccccc89)c7)n6)c5)cc4)nc3c2n1. The van der Waals surface area contributed by atoms with Gasteiger partial charge in [0.25, 0.3) is 0 Å². The lowest BCUT2D eigenvalue weighted by atomic mass is 9.94. The third-order valence-corrected chi connectivity index (χ3v) is 12.2. The van der Waals surface area contributed by atoms with Crippen LogP contribution in [0.3, 0.4) is 0 Å². The van der Waals surface area contributed by atoms with Gasteiger partial charge in [-0.2, -0.15) is 0 Å².